The highest BCUT2D eigenvalue weighted by Gasteiger charge is 2.18. The molecule has 29 heavy (non-hydrogen) atoms. The second kappa shape index (κ2) is 10.2. The summed E-state index contributed by atoms with van der Waals surface area (Å²) in [5.74, 6) is 0.110. The van der Waals surface area contributed by atoms with E-state index in [1.807, 2.05) is 0 Å². The molecule has 9 heteroatoms. The van der Waals surface area contributed by atoms with Gasteiger partial charge in [0.1, 0.15) is 0 Å². The first-order valence-electron chi connectivity index (χ1n) is 9.72. The van der Waals surface area contributed by atoms with Gasteiger partial charge >= 0.3 is 0 Å². The summed E-state index contributed by atoms with van der Waals surface area (Å²) >= 11 is 1.42. The number of hydrogen-bond donors (Lipinski definition) is 3. The van der Waals surface area contributed by atoms with Crippen LogP contribution in [0, 0.1) is 0 Å². The molecule has 1 aliphatic rings. The fourth-order valence-corrected chi connectivity index (χ4v) is 3.86. The third-order valence-corrected chi connectivity index (χ3v) is 5.45. The molecule has 2 heterocycles. The van der Waals surface area contributed by atoms with Crippen molar-refractivity contribution in [1.29, 1.82) is 0 Å². The van der Waals surface area contributed by atoms with Crippen LogP contribution < -0.4 is 16.2 Å². The Bertz CT molecular complexity index is 910. The number of benzene rings is 1. The molecule has 0 saturated carbocycles. The number of H-pyrrole nitrogens is 1. The topological polar surface area (TPSA) is 107 Å². The number of aromatic nitrogens is 2. The maximum Gasteiger partial charge on any atom is 0.277 e. The van der Waals surface area contributed by atoms with Crippen LogP contribution in [0.2, 0.25) is 0 Å². The lowest BCUT2D eigenvalue weighted by atomic mass is 10.2. The average Bonchev–Trinajstić information content (AvgIpc) is 3.24. The predicted molar refractivity (Wildman–Crippen MR) is 115 cm³/mol. The Hall–Kier alpha value is -2.65. The molecule has 0 unspecified atom stereocenters. The maximum atomic E-state index is 12.6. The van der Waals surface area contributed by atoms with Crippen molar-refractivity contribution in [2.24, 2.45) is 0 Å². The average molecular weight is 416 g/mol. The first kappa shape index (κ1) is 21.1. The van der Waals surface area contributed by atoms with Crippen molar-refractivity contribution >= 4 is 35.1 Å². The number of carbonyl (C=O) groups excluding carboxylic acids is 2. The van der Waals surface area contributed by atoms with Crippen molar-refractivity contribution < 1.29 is 9.59 Å². The summed E-state index contributed by atoms with van der Waals surface area (Å²) in [7, 11) is 0. The molecule has 2 aromatic rings. The molecule has 0 atom stereocenters. The highest BCUT2D eigenvalue weighted by molar-refractivity contribution is 7.99. The van der Waals surface area contributed by atoms with Gasteiger partial charge in [0.25, 0.3) is 11.5 Å². The van der Waals surface area contributed by atoms with Crippen LogP contribution in [0.5, 0.6) is 0 Å². The molecular formula is C20H25N5O3S. The van der Waals surface area contributed by atoms with Crippen LogP contribution in [0.15, 0.2) is 40.3 Å². The Morgan fingerprint density at radius 3 is 2.59 bits per heavy atom. The zero-order valence-corrected chi connectivity index (χ0v) is 17.2. The van der Waals surface area contributed by atoms with Crippen LogP contribution in [0.1, 0.15) is 36.5 Å². The second-order valence-electron chi connectivity index (χ2n) is 6.71. The number of anilines is 2. The smallest absolute Gasteiger partial charge is 0.277 e. The van der Waals surface area contributed by atoms with Gasteiger partial charge in [-0.15, -0.1) is 0 Å². The van der Waals surface area contributed by atoms with Gasteiger partial charge in [0.05, 0.1) is 0 Å². The molecular weight excluding hydrogens is 390 g/mol. The van der Waals surface area contributed by atoms with E-state index >= 15 is 0 Å². The molecule has 1 aromatic heterocycles. The van der Waals surface area contributed by atoms with Crippen molar-refractivity contribution in [3.63, 3.8) is 0 Å². The van der Waals surface area contributed by atoms with E-state index in [0.29, 0.717) is 10.7 Å². The van der Waals surface area contributed by atoms with Crippen molar-refractivity contribution in [2.75, 3.05) is 36.0 Å². The zero-order chi connectivity index (χ0) is 20.6. The summed E-state index contributed by atoms with van der Waals surface area (Å²) in [5.41, 5.74) is -0.160. The third kappa shape index (κ3) is 5.91. The quantitative estimate of drug-likeness (QED) is 0.452. The molecule has 1 aliphatic heterocycles. The van der Waals surface area contributed by atoms with E-state index in [-0.39, 0.29) is 23.8 Å². The molecule has 3 rings (SSSR count). The number of nitrogens with zero attached hydrogens (tertiary/aromatic N) is 2. The minimum Gasteiger partial charge on any atom is -0.314 e. The first-order chi connectivity index (χ1) is 14.1. The van der Waals surface area contributed by atoms with E-state index in [0.717, 1.165) is 25.4 Å². The molecule has 2 amide bonds. The van der Waals surface area contributed by atoms with Gasteiger partial charge in [-0.2, -0.15) is 0 Å². The summed E-state index contributed by atoms with van der Waals surface area (Å²) in [4.78, 5) is 46.5. The Kier molecular flexibility index (Phi) is 7.42. The molecule has 3 N–H and O–H groups in total. The lowest BCUT2D eigenvalue weighted by Crippen LogP contribution is -2.25. The van der Waals surface area contributed by atoms with Crippen LogP contribution in [-0.4, -0.2) is 52.1 Å². The van der Waals surface area contributed by atoms with Crippen LogP contribution in [0.4, 0.5) is 11.5 Å². The molecule has 154 valence electrons. The van der Waals surface area contributed by atoms with E-state index in [2.05, 4.69) is 25.5 Å². The SMILES string of the molecule is CCC(=O)Nc1nc(SCCN2CCCC2)[nH]c(=O)c1NC(=O)c1ccccc1. The number of nitrogens with one attached hydrogen (secondary N) is 3. The third-order valence-electron chi connectivity index (χ3n) is 4.60. The monoisotopic (exact) mass is 415 g/mol. The van der Waals surface area contributed by atoms with E-state index in [4.69, 9.17) is 0 Å². The van der Waals surface area contributed by atoms with Crippen molar-refractivity contribution in [2.45, 2.75) is 31.3 Å². The molecule has 1 fully saturated rings. The van der Waals surface area contributed by atoms with Crippen molar-refractivity contribution in [1.82, 2.24) is 14.9 Å². The van der Waals surface area contributed by atoms with Crippen LogP contribution in [0.25, 0.3) is 0 Å². The summed E-state index contributed by atoms with van der Waals surface area (Å²) in [6.45, 7) is 4.83. The number of rotatable bonds is 8. The fraction of sp³-hybridized carbons (Fsp3) is 0.400. The van der Waals surface area contributed by atoms with Crippen LogP contribution >= 0.6 is 11.8 Å². The first-order valence-corrected chi connectivity index (χ1v) is 10.7. The molecule has 1 saturated heterocycles. The molecule has 1 aromatic carbocycles. The number of amides is 2. The van der Waals surface area contributed by atoms with E-state index in [1.165, 1.54) is 24.6 Å². The number of hydrogen-bond acceptors (Lipinski definition) is 6. The molecule has 0 bridgehead atoms. The molecule has 0 spiro atoms. The summed E-state index contributed by atoms with van der Waals surface area (Å²) < 4.78 is 0. The maximum absolute atomic E-state index is 12.6. The lowest BCUT2D eigenvalue weighted by molar-refractivity contribution is -0.115. The Balaban J connectivity index is 1.77. The van der Waals surface area contributed by atoms with Gasteiger partial charge in [-0.3, -0.25) is 19.4 Å². The molecule has 8 nitrogen and oxygen atoms in total. The Labute approximate surface area is 173 Å². The van der Waals surface area contributed by atoms with Gasteiger partial charge < -0.3 is 15.5 Å². The number of aromatic amines is 1. The highest BCUT2D eigenvalue weighted by Crippen LogP contribution is 2.21. The minimum absolute atomic E-state index is 0.0635. The van der Waals surface area contributed by atoms with Gasteiger partial charge in [0, 0.05) is 24.3 Å². The Morgan fingerprint density at radius 1 is 1.17 bits per heavy atom. The van der Waals surface area contributed by atoms with E-state index < -0.39 is 11.5 Å². The molecule has 0 aliphatic carbocycles. The van der Waals surface area contributed by atoms with Crippen molar-refractivity contribution in [3.8, 4) is 0 Å². The Morgan fingerprint density at radius 2 is 1.90 bits per heavy atom. The van der Waals surface area contributed by atoms with Crippen LogP contribution in [-0.2, 0) is 4.79 Å². The van der Waals surface area contributed by atoms with E-state index in [1.54, 1.807) is 37.3 Å². The number of carbonyl (C=O) groups is 2. The van der Waals surface area contributed by atoms with Gasteiger partial charge in [0.2, 0.25) is 5.91 Å². The van der Waals surface area contributed by atoms with Crippen LogP contribution in [0.3, 0.4) is 0 Å². The van der Waals surface area contributed by atoms with Gasteiger partial charge in [-0.1, -0.05) is 36.9 Å². The number of likely N-dealkylation sites (tertiary alicyclic amines) is 1. The largest absolute Gasteiger partial charge is 0.314 e. The summed E-state index contributed by atoms with van der Waals surface area (Å²) in [5, 5.41) is 5.61. The van der Waals surface area contributed by atoms with E-state index in [9.17, 15) is 14.4 Å². The van der Waals surface area contributed by atoms with Gasteiger partial charge in [0.15, 0.2) is 16.7 Å². The van der Waals surface area contributed by atoms with Gasteiger partial charge in [-0.25, -0.2) is 4.98 Å². The highest BCUT2D eigenvalue weighted by atomic mass is 32.2. The standard InChI is InChI=1S/C20H25N5O3S/c1-2-15(26)21-17-16(22-18(27)14-8-4-3-5-9-14)19(28)24-20(23-17)29-13-12-25-10-6-7-11-25/h3-5,8-9H,2,6-7,10-13H2,1H3,(H,22,27)(H2,21,23,24,26,28). The predicted octanol–water partition coefficient (Wildman–Crippen LogP) is 2.56. The zero-order valence-electron chi connectivity index (χ0n) is 16.4. The molecule has 0 radical (unpaired) electrons. The summed E-state index contributed by atoms with van der Waals surface area (Å²) in [6.07, 6.45) is 2.68. The normalized spacial score (nSPS) is 14.0. The van der Waals surface area contributed by atoms with Crippen molar-refractivity contribution in [3.05, 3.63) is 46.2 Å². The number of thioether (sulfide) groups is 1. The minimum atomic E-state index is -0.501. The summed E-state index contributed by atoms with van der Waals surface area (Å²) in [6, 6.07) is 8.55. The fourth-order valence-electron chi connectivity index (χ4n) is 3.00. The second-order valence-corrected chi connectivity index (χ2v) is 7.80. The van der Waals surface area contributed by atoms with Gasteiger partial charge in [-0.05, 0) is 38.1 Å². The lowest BCUT2D eigenvalue weighted by Gasteiger charge is -2.14.